The van der Waals surface area contributed by atoms with E-state index in [1.807, 2.05) is 0 Å². The van der Waals surface area contributed by atoms with Gasteiger partial charge in [-0.2, -0.15) is 0 Å². The first-order valence-electron chi connectivity index (χ1n) is 6.34. The van der Waals surface area contributed by atoms with Crippen LogP contribution in [0.5, 0.6) is 0 Å². The fourth-order valence-corrected chi connectivity index (χ4v) is 2.29. The number of hydrogen-bond donors (Lipinski definition) is 0. The summed E-state index contributed by atoms with van der Waals surface area (Å²) >= 11 is 0. The SMILES string of the molecule is COC(=O)c1c(C)oc(=O)c(-c2cccc([N+](=O)[O-])c2)c1C. The number of ether oxygens (including phenoxy) is 1. The largest absolute Gasteiger partial charge is 0.465 e. The molecule has 1 aromatic heterocycles. The van der Waals surface area contributed by atoms with Crippen molar-refractivity contribution in [2.24, 2.45) is 0 Å². The maximum Gasteiger partial charge on any atom is 0.344 e. The summed E-state index contributed by atoms with van der Waals surface area (Å²) in [5, 5.41) is 10.9. The van der Waals surface area contributed by atoms with Crippen LogP contribution >= 0.6 is 0 Å². The summed E-state index contributed by atoms with van der Waals surface area (Å²) in [5.41, 5.74) is 0.102. The molecule has 1 aromatic carbocycles. The minimum Gasteiger partial charge on any atom is -0.465 e. The second-order valence-electron chi connectivity index (χ2n) is 4.62. The van der Waals surface area contributed by atoms with E-state index in [1.54, 1.807) is 13.0 Å². The zero-order chi connectivity index (χ0) is 16.4. The predicted molar refractivity (Wildman–Crippen MR) is 77.9 cm³/mol. The van der Waals surface area contributed by atoms with Crippen LogP contribution in [-0.2, 0) is 4.74 Å². The number of aryl methyl sites for hydroxylation is 1. The molecule has 0 amide bonds. The molecule has 0 unspecified atom stereocenters. The van der Waals surface area contributed by atoms with Gasteiger partial charge in [0.25, 0.3) is 5.69 Å². The number of methoxy groups -OCH3 is 1. The van der Waals surface area contributed by atoms with Crippen molar-refractivity contribution in [3.63, 3.8) is 0 Å². The number of esters is 1. The van der Waals surface area contributed by atoms with Crippen molar-refractivity contribution in [2.45, 2.75) is 13.8 Å². The zero-order valence-electron chi connectivity index (χ0n) is 12.2. The Morgan fingerprint density at radius 3 is 2.59 bits per heavy atom. The molecule has 0 bridgehead atoms. The molecule has 0 aliphatic rings. The number of nitro groups is 1. The van der Waals surface area contributed by atoms with Crippen molar-refractivity contribution in [2.75, 3.05) is 7.11 Å². The number of rotatable bonds is 3. The topological polar surface area (TPSA) is 99.7 Å². The first kappa shape index (κ1) is 15.4. The third-order valence-corrected chi connectivity index (χ3v) is 3.29. The van der Waals surface area contributed by atoms with E-state index < -0.39 is 16.5 Å². The van der Waals surface area contributed by atoms with E-state index in [2.05, 4.69) is 4.74 Å². The molecule has 2 rings (SSSR count). The highest BCUT2D eigenvalue weighted by atomic mass is 16.6. The maximum atomic E-state index is 12.1. The van der Waals surface area contributed by atoms with E-state index in [4.69, 9.17) is 4.42 Å². The second kappa shape index (κ2) is 5.80. The highest BCUT2D eigenvalue weighted by molar-refractivity contribution is 5.94. The number of nitrogens with zero attached hydrogens (tertiary/aromatic N) is 1. The second-order valence-corrected chi connectivity index (χ2v) is 4.62. The van der Waals surface area contributed by atoms with Gasteiger partial charge in [-0.15, -0.1) is 0 Å². The predicted octanol–water partition coefficient (Wildman–Crippen LogP) is 2.62. The first-order valence-corrected chi connectivity index (χ1v) is 6.34. The fraction of sp³-hybridized carbons (Fsp3) is 0.200. The van der Waals surface area contributed by atoms with Gasteiger partial charge in [0.05, 0.1) is 17.6 Å². The van der Waals surface area contributed by atoms with Gasteiger partial charge in [0.15, 0.2) is 0 Å². The Morgan fingerprint density at radius 2 is 2.00 bits per heavy atom. The lowest BCUT2D eigenvalue weighted by Crippen LogP contribution is -2.15. The van der Waals surface area contributed by atoms with Crippen LogP contribution in [0, 0.1) is 24.0 Å². The zero-order valence-corrected chi connectivity index (χ0v) is 12.2. The first-order chi connectivity index (χ1) is 10.4. The maximum absolute atomic E-state index is 12.1. The van der Waals surface area contributed by atoms with Crippen LogP contribution in [0.1, 0.15) is 21.7 Å². The lowest BCUT2D eigenvalue weighted by molar-refractivity contribution is -0.384. The van der Waals surface area contributed by atoms with Crippen molar-refractivity contribution in [3.05, 3.63) is 61.7 Å². The van der Waals surface area contributed by atoms with Crippen molar-refractivity contribution in [3.8, 4) is 11.1 Å². The summed E-state index contributed by atoms with van der Waals surface area (Å²) in [5.74, 6) is -0.492. The van der Waals surface area contributed by atoms with E-state index in [0.717, 1.165) is 0 Å². The molecule has 0 radical (unpaired) electrons. The van der Waals surface area contributed by atoms with Gasteiger partial charge in [0.2, 0.25) is 0 Å². The summed E-state index contributed by atoms with van der Waals surface area (Å²) in [6.45, 7) is 3.06. The minimum absolute atomic E-state index is 0.106. The van der Waals surface area contributed by atoms with E-state index in [-0.39, 0.29) is 22.6 Å². The van der Waals surface area contributed by atoms with Crippen molar-refractivity contribution in [1.82, 2.24) is 0 Å². The fourth-order valence-electron chi connectivity index (χ4n) is 2.29. The van der Waals surface area contributed by atoms with Crippen molar-refractivity contribution in [1.29, 1.82) is 0 Å². The van der Waals surface area contributed by atoms with Gasteiger partial charge in [0.1, 0.15) is 11.3 Å². The molecule has 0 atom stereocenters. The monoisotopic (exact) mass is 303 g/mol. The summed E-state index contributed by atoms with van der Waals surface area (Å²) in [4.78, 5) is 34.2. The van der Waals surface area contributed by atoms with Gasteiger partial charge >= 0.3 is 11.6 Å². The quantitative estimate of drug-likeness (QED) is 0.491. The Bertz CT molecular complexity index is 821. The standard InChI is InChI=1S/C15H13NO6/c1-8-12(14(17)21-3)9(2)22-15(18)13(8)10-5-4-6-11(7-10)16(19)20/h4-7H,1-3H3. The molecule has 0 N–H and O–H groups in total. The Labute approximate surface area is 125 Å². The molecule has 2 aromatic rings. The lowest BCUT2D eigenvalue weighted by Gasteiger charge is -2.10. The van der Waals surface area contributed by atoms with Gasteiger partial charge < -0.3 is 9.15 Å². The average molecular weight is 303 g/mol. The molecular formula is C15H13NO6. The Hall–Kier alpha value is -2.96. The molecule has 114 valence electrons. The van der Waals surface area contributed by atoms with Gasteiger partial charge in [-0.1, -0.05) is 12.1 Å². The van der Waals surface area contributed by atoms with Crippen LogP contribution < -0.4 is 5.63 Å². The molecule has 22 heavy (non-hydrogen) atoms. The summed E-state index contributed by atoms with van der Waals surface area (Å²) < 4.78 is 9.75. The third-order valence-electron chi connectivity index (χ3n) is 3.29. The number of carbonyl (C=O) groups is 1. The number of nitro benzene ring substituents is 1. The highest BCUT2D eigenvalue weighted by Crippen LogP contribution is 2.27. The van der Waals surface area contributed by atoms with Crippen LogP contribution in [0.2, 0.25) is 0 Å². The van der Waals surface area contributed by atoms with E-state index in [1.165, 1.54) is 32.2 Å². The number of benzene rings is 1. The normalized spacial score (nSPS) is 10.3. The lowest BCUT2D eigenvalue weighted by atomic mass is 9.98. The molecule has 7 heteroatoms. The Kier molecular flexibility index (Phi) is 4.07. The van der Waals surface area contributed by atoms with Crippen LogP contribution in [0.4, 0.5) is 5.69 Å². The van der Waals surface area contributed by atoms with E-state index >= 15 is 0 Å². The van der Waals surface area contributed by atoms with E-state index in [9.17, 15) is 19.7 Å². The van der Waals surface area contributed by atoms with Crippen molar-refractivity contribution >= 4 is 11.7 Å². The highest BCUT2D eigenvalue weighted by Gasteiger charge is 2.22. The Balaban J connectivity index is 2.76. The number of hydrogen-bond acceptors (Lipinski definition) is 6. The molecule has 1 heterocycles. The van der Waals surface area contributed by atoms with Crippen LogP contribution in [0.15, 0.2) is 33.5 Å². The molecule has 0 saturated carbocycles. The third kappa shape index (κ3) is 2.60. The molecule has 7 nitrogen and oxygen atoms in total. The number of carbonyl (C=O) groups excluding carboxylic acids is 1. The average Bonchev–Trinajstić information content (AvgIpc) is 2.46. The van der Waals surface area contributed by atoms with Gasteiger partial charge in [-0.3, -0.25) is 10.1 Å². The van der Waals surface area contributed by atoms with Gasteiger partial charge in [0, 0.05) is 12.1 Å². The molecule has 0 saturated heterocycles. The van der Waals surface area contributed by atoms with Gasteiger partial charge in [-0.25, -0.2) is 9.59 Å². The minimum atomic E-state index is -0.664. The smallest absolute Gasteiger partial charge is 0.344 e. The van der Waals surface area contributed by atoms with Crippen molar-refractivity contribution < 1.29 is 18.9 Å². The van der Waals surface area contributed by atoms with Gasteiger partial charge in [-0.05, 0) is 25.0 Å². The molecule has 0 fully saturated rings. The summed E-state index contributed by atoms with van der Waals surface area (Å²) in [6.07, 6.45) is 0. The molecular weight excluding hydrogens is 290 g/mol. The van der Waals surface area contributed by atoms with Crippen LogP contribution in [0.25, 0.3) is 11.1 Å². The summed E-state index contributed by atoms with van der Waals surface area (Å²) in [7, 11) is 1.22. The van der Waals surface area contributed by atoms with Crippen LogP contribution in [0.3, 0.4) is 0 Å². The Morgan fingerprint density at radius 1 is 1.32 bits per heavy atom. The molecule has 0 aliphatic carbocycles. The number of non-ortho nitro benzene ring substituents is 1. The molecule has 0 aliphatic heterocycles. The summed E-state index contributed by atoms with van der Waals surface area (Å²) in [6, 6.07) is 5.58. The van der Waals surface area contributed by atoms with E-state index in [0.29, 0.717) is 11.1 Å². The molecule has 0 spiro atoms. The van der Waals surface area contributed by atoms with Crippen LogP contribution in [-0.4, -0.2) is 18.0 Å².